The van der Waals surface area contributed by atoms with Crippen molar-refractivity contribution in [1.82, 2.24) is 0 Å². The van der Waals surface area contributed by atoms with E-state index >= 15 is 0 Å². The molecule has 0 bridgehead atoms. The molecule has 0 spiro atoms. The first kappa shape index (κ1) is 10.3. The van der Waals surface area contributed by atoms with Crippen molar-refractivity contribution in [1.29, 1.82) is 0 Å². The molecule has 0 aromatic heterocycles. The molecule has 0 amide bonds. The third-order valence-corrected chi connectivity index (χ3v) is 4.20. The van der Waals surface area contributed by atoms with Crippen LogP contribution >= 0.6 is 0 Å². The zero-order chi connectivity index (χ0) is 8.97. The maximum atomic E-state index is 2.39. The topological polar surface area (TPSA) is 0 Å². The number of hydrogen-bond acceptors (Lipinski definition) is 0. The van der Waals surface area contributed by atoms with Crippen LogP contribution in [0.1, 0.15) is 46.0 Å². The maximum Gasteiger partial charge on any atom is 0.00279 e. The van der Waals surface area contributed by atoms with Gasteiger partial charge in [-0.3, -0.25) is 0 Å². The molecule has 0 aliphatic heterocycles. The smallest absolute Gasteiger partial charge is 0.00279 e. The zero-order valence-electron chi connectivity index (χ0n) is 8.97. The monoisotopic (exact) mass is 184 g/mol. The van der Waals surface area contributed by atoms with Crippen LogP contribution in [0, 0.1) is 17.8 Å². The molecule has 0 nitrogen and oxygen atoms in total. The van der Waals surface area contributed by atoms with Crippen LogP contribution in [-0.2, 0) is 0 Å². The second-order valence-electron chi connectivity index (χ2n) is 4.83. The average Bonchev–Trinajstić information content (AvgIpc) is 2.48. The summed E-state index contributed by atoms with van der Waals surface area (Å²) in [5.41, 5.74) is 0. The predicted molar refractivity (Wildman–Crippen MR) is 59.6 cm³/mol. The van der Waals surface area contributed by atoms with E-state index in [0.717, 1.165) is 17.8 Å². The van der Waals surface area contributed by atoms with Gasteiger partial charge in [-0.25, -0.2) is 0 Å². The van der Waals surface area contributed by atoms with Gasteiger partial charge in [-0.05, 0) is 30.6 Å². The Balaban J connectivity index is 2.17. The highest BCUT2D eigenvalue weighted by molar-refractivity contribution is 6.08. The molecule has 0 N–H and O–H groups in total. The maximum absolute atomic E-state index is 2.39. The summed E-state index contributed by atoms with van der Waals surface area (Å²) in [5, 5.41) is 0. The van der Waals surface area contributed by atoms with Gasteiger partial charge >= 0.3 is 0 Å². The van der Waals surface area contributed by atoms with Gasteiger partial charge in [-0.1, -0.05) is 39.2 Å². The molecular formula is C11H24Si. The molecule has 12 heavy (non-hydrogen) atoms. The molecule has 1 heteroatoms. The van der Waals surface area contributed by atoms with Gasteiger partial charge in [0.15, 0.2) is 0 Å². The molecule has 0 aromatic rings. The fourth-order valence-corrected chi connectivity index (χ4v) is 2.88. The molecule has 0 aromatic carbocycles. The summed E-state index contributed by atoms with van der Waals surface area (Å²) >= 11 is 0. The summed E-state index contributed by atoms with van der Waals surface area (Å²) in [5.74, 6) is 3.10. The van der Waals surface area contributed by atoms with Crippen LogP contribution in [0.25, 0.3) is 0 Å². The third kappa shape index (κ3) is 2.93. The molecule has 1 aliphatic rings. The van der Waals surface area contributed by atoms with Crippen molar-refractivity contribution in [3.8, 4) is 0 Å². The summed E-state index contributed by atoms with van der Waals surface area (Å²) in [6.45, 7) is 4.78. The second kappa shape index (κ2) is 5.06. The lowest BCUT2D eigenvalue weighted by Crippen LogP contribution is -2.04. The van der Waals surface area contributed by atoms with Crippen molar-refractivity contribution in [3.63, 3.8) is 0 Å². The minimum Gasteiger partial charge on any atom is -0.0658 e. The molecule has 1 rings (SSSR count). The first-order valence-electron chi connectivity index (χ1n) is 5.74. The highest BCUT2D eigenvalue weighted by Crippen LogP contribution is 2.37. The van der Waals surface area contributed by atoms with Gasteiger partial charge in [0, 0.05) is 10.2 Å². The van der Waals surface area contributed by atoms with E-state index in [-0.39, 0.29) is 0 Å². The fourth-order valence-electron chi connectivity index (χ4n) is 2.47. The standard InChI is InChI=1S/C11H24Si/c1-9(2)11-6-5-10(8-11)4-3-7-12/h9-11H,3-8H2,1-2,12H3. The van der Waals surface area contributed by atoms with E-state index in [4.69, 9.17) is 0 Å². The van der Waals surface area contributed by atoms with Crippen LogP contribution in [-0.4, -0.2) is 10.2 Å². The Morgan fingerprint density at radius 2 is 2.08 bits per heavy atom. The molecule has 72 valence electrons. The molecule has 1 aliphatic carbocycles. The number of hydrogen-bond donors (Lipinski definition) is 0. The highest BCUT2D eigenvalue weighted by atomic mass is 28.1. The van der Waals surface area contributed by atoms with Crippen molar-refractivity contribution in [2.75, 3.05) is 0 Å². The van der Waals surface area contributed by atoms with Crippen molar-refractivity contribution in [2.45, 2.75) is 52.0 Å². The Hall–Kier alpha value is 0.217. The van der Waals surface area contributed by atoms with Crippen LogP contribution in [0.2, 0.25) is 6.04 Å². The summed E-state index contributed by atoms with van der Waals surface area (Å²) in [7, 11) is 1.41. The van der Waals surface area contributed by atoms with E-state index in [1.165, 1.54) is 42.0 Å². The molecule has 0 heterocycles. The fraction of sp³-hybridized carbons (Fsp3) is 1.00. The SMILES string of the molecule is CC(C)C1CCC(CCC[SiH3])C1. The Bertz CT molecular complexity index is 120. The second-order valence-corrected chi connectivity index (χ2v) is 5.83. The summed E-state index contributed by atoms with van der Waals surface area (Å²) in [6.07, 6.45) is 7.64. The largest absolute Gasteiger partial charge is 0.0658 e. The predicted octanol–water partition coefficient (Wildman–Crippen LogP) is 2.62. The van der Waals surface area contributed by atoms with E-state index in [1.54, 1.807) is 6.42 Å². The van der Waals surface area contributed by atoms with Crippen molar-refractivity contribution < 1.29 is 0 Å². The lowest BCUT2D eigenvalue weighted by Gasteiger charge is -2.14. The summed E-state index contributed by atoms with van der Waals surface area (Å²) in [4.78, 5) is 0. The summed E-state index contributed by atoms with van der Waals surface area (Å²) < 4.78 is 0. The van der Waals surface area contributed by atoms with E-state index in [0.29, 0.717) is 0 Å². The minimum absolute atomic E-state index is 0.936. The summed E-state index contributed by atoms with van der Waals surface area (Å²) in [6, 6.07) is 1.52. The van der Waals surface area contributed by atoms with E-state index in [1.807, 2.05) is 0 Å². The first-order chi connectivity index (χ1) is 5.74. The molecule has 2 unspecified atom stereocenters. The first-order valence-corrected chi connectivity index (χ1v) is 7.15. The van der Waals surface area contributed by atoms with Gasteiger partial charge < -0.3 is 0 Å². The molecule has 0 saturated heterocycles. The molecule has 0 radical (unpaired) electrons. The van der Waals surface area contributed by atoms with Crippen LogP contribution in [0.15, 0.2) is 0 Å². The molecular weight excluding hydrogens is 160 g/mol. The highest BCUT2D eigenvalue weighted by Gasteiger charge is 2.25. The van der Waals surface area contributed by atoms with Crippen LogP contribution < -0.4 is 0 Å². The van der Waals surface area contributed by atoms with Crippen molar-refractivity contribution in [3.05, 3.63) is 0 Å². The lowest BCUT2D eigenvalue weighted by atomic mass is 9.92. The van der Waals surface area contributed by atoms with Crippen LogP contribution in [0.4, 0.5) is 0 Å². The normalized spacial score (nSPS) is 30.2. The molecule has 2 atom stereocenters. The third-order valence-electron chi connectivity index (χ3n) is 3.49. The van der Waals surface area contributed by atoms with E-state index < -0.39 is 0 Å². The Morgan fingerprint density at radius 1 is 1.33 bits per heavy atom. The average molecular weight is 184 g/mol. The van der Waals surface area contributed by atoms with Gasteiger partial charge in [0.1, 0.15) is 0 Å². The van der Waals surface area contributed by atoms with Crippen molar-refractivity contribution in [2.24, 2.45) is 17.8 Å². The van der Waals surface area contributed by atoms with E-state index in [2.05, 4.69) is 13.8 Å². The molecule has 1 saturated carbocycles. The van der Waals surface area contributed by atoms with Gasteiger partial charge in [-0.2, -0.15) is 0 Å². The molecule has 1 fully saturated rings. The van der Waals surface area contributed by atoms with Crippen LogP contribution in [0.5, 0.6) is 0 Å². The van der Waals surface area contributed by atoms with Gasteiger partial charge in [-0.15, -0.1) is 0 Å². The number of rotatable bonds is 4. The van der Waals surface area contributed by atoms with Gasteiger partial charge in [0.05, 0.1) is 0 Å². The Labute approximate surface area is 80.6 Å². The Kier molecular flexibility index (Phi) is 4.34. The van der Waals surface area contributed by atoms with Gasteiger partial charge in [0.25, 0.3) is 0 Å². The lowest BCUT2D eigenvalue weighted by molar-refractivity contribution is 0.372. The van der Waals surface area contributed by atoms with Crippen LogP contribution in [0.3, 0.4) is 0 Å². The van der Waals surface area contributed by atoms with Gasteiger partial charge in [0.2, 0.25) is 0 Å². The quantitative estimate of drug-likeness (QED) is 0.589. The van der Waals surface area contributed by atoms with E-state index in [9.17, 15) is 0 Å². The minimum atomic E-state index is 0.936. The Morgan fingerprint density at radius 3 is 2.58 bits per heavy atom. The van der Waals surface area contributed by atoms with Crippen molar-refractivity contribution >= 4 is 10.2 Å². The zero-order valence-corrected chi connectivity index (χ0v) is 11.0.